The van der Waals surface area contributed by atoms with Gasteiger partial charge in [0.15, 0.2) is 6.10 Å². The van der Waals surface area contributed by atoms with Gasteiger partial charge in [-0.15, -0.1) is 11.3 Å². The van der Waals surface area contributed by atoms with Crippen LogP contribution < -0.4 is 0 Å². The molecule has 0 saturated heterocycles. The molecule has 20 heavy (non-hydrogen) atoms. The van der Waals surface area contributed by atoms with Crippen molar-refractivity contribution in [1.29, 1.82) is 0 Å². The molecule has 8 heteroatoms. The highest BCUT2D eigenvalue weighted by Crippen LogP contribution is 2.26. The van der Waals surface area contributed by atoms with Gasteiger partial charge in [0, 0.05) is 0 Å². The van der Waals surface area contributed by atoms with Crippen LogP contribution in [0.25, 0.3) is 0 Å². The molecule has 2 unspecified atom stereocenters. The maximum atomic E-state index is 11.6. The SMILES string of the molecule is CCOC(=O)c1sc(C(O)C(O)C(=O)OCC)nc1C. The van der Waals surface area contributed by atoms with Crippen molar-refractivity contribution >= 4 is 23.3 Å². The highest BCUT2D eigenvalue weighted by Gasteiger charge is 2.31. The minimum Gasteiger partial charge on any atom is -0.464 e. The quantitative estimate of drug-likeness (QED) is 0.741. The lowest BCUT2D eigenvalue weighted by molar-refractivity contribution is -0.159. The number of carbonyl (C=O) groups excluding carboxylic acids is 2. The third kappa shape index (κ3) is 3.75. The standard InChI is InChI=1S/C12H17NO6S/c1-4-18-11(16)8(15)7(14)10-13-6(3)9(20-10)12(17)19-5-2/h7-8,14-15H,4-5H2,1-3H3. The molecule has 7 nitrogen and oxygen atoms in total. The Labute approximate surface area is 120 Å². The number of nitrogens with zero attached hydrogens (tertiary/aromatic N) is 1. The largest absolute Gasteiger partial charge is 0.464 e. The van der Waals surface area contributed by atoms with E-state index in [-0.39, 0.29) is 23.1 Å². The number of rotatable bonds is 6. The second-order valence-electron chi connectivity index (χ2n) is 3.83. The second kappa shape index (κ2) is 7.32. The lowest BCUT2D eigenvalue weighted by Crippen LogP contribution is -2.29. The summed E-state index contributed by atoms with van der Waals surface area (Å²) in [6.07, 6.45) is -3.28. The van der Waals surface area contributed by atoms with Crippen molar-refractivity contribution in [1.82, 2.24) is 4.98 Å². The van der Waals surface area contributed by atoms with Gasteiger partial charge in [0.2, 0.25) is 0 Å². The number of carbonyl (C=O) groups is 2. The van der Waals surface area contributed by atoms with Crippen LogP contribution in [0.5, 0.6) is 0 Å². The first kappa shape index (κ1) is 16.5. The monoisotopic (exact) mass is 303 g/mol. The molecule has 2 N–H and O–H groups in total. The molecule has 1 aromatic heterocycles. The van der Waals surface area contributed by atoms with Crippen LogP contribution in [0.1, 0.15) is 40.3 Å². The second-order valence-corrected chi connectivity index (χ2v) is 4.86. The van der Waals surface area contributed by atoms with E-state index in [2.05, 4.69) is 9.72 Å². The van der Waals surface area contributed by atoms with E-state index in [4.69, 9.17) is 4.74 Å². The molecule has 0 amide bonds. The third-order valence-corrected chi connectivity index (χ3v) is 3.56. The maximum absolute atomic E-state index is 11.6. The molecule has 0 saturated carbocycles. The van der Waals surface area contributed by atoms with E-state index in [9.17, 15) is 19.8 Å². The van der Waals surface area contributed by atoms with Gasteiger partial charge >= 0.3 is 11.9 Å². The van der Waals surface area contributed by atoms with Gasteiger partial charge in [0.25, 0.3) is 0 Å². The van der Waals surface area contributed by atoms with E-state index in [0.29, 0.717) is 5.69 Å². The number of aliphatic hydroxyl groups is 2. The maximum Gasteiger partial charge on any atom is 0.350 e. The average Bonchev–Trinajstić information content (AvgIpc) is 2.79. The number of hydrogen-bond acceptors (Lipinski definition) is 8. The van der Waals surface area contributed by atoms with Crippen LogP contribution in [0.3, 0.4) is 0 Å². The van der Waals surface area contributed by atoms with Crippen molar-refractivity contribution in [2.75, 3.05) is 13.2 Å². The highest BCUT2D eigenvalue weighted by molar-refractivity contribution is 7.13. The van der Waals surface area contributed by atoms with E-state index in [1.54, 1.807) is 20.8 Å². The van der Waals surface area contributed by atoms with Gasteiger partial charge in [0.05, 0.1) is 18.9 Å². The molecule has 112 valence electrons. The zero-order chi connectivity index (χ0) is 15.3. The van der Waals surface area contributed by atoms with Crippen molar-refractivity contribution in [3.05, 3.63) is 15.6 Å². The first-order chi connectivity index (χ1) is 9.42. The molecule has 0 aliphatic heterocycles. The summed E-state index contributed by atoms with van der Waals surface area (Å²) in [6, 6.07) is 0. The molecule has 2 atom stereocenters. The molecular formula is C12H17NO6S. The van der Waals surface area contributed by atoms with Crippen molar-refractivity contribution in [3.63, 3.8) is 0 Å². The first-order valence-electron chi connectivity index (χ1n) is 6.09. The van der Waals surface area contributed by atoms with Crippen molar-refractivity contribution < 1.29 is 29.3 Å². The van der Waals surface area contributed by atoms with Crippen molar-refractivity contribution in [3.8, 4) is 0 Å². The fourth-order valence-corrected chi connectivity index (χ4v) is 2.40. The first-order valence-corrected chi connectivity index (χ1v) is 6.91. The summed E-state index contributed by atoms with van der Waals surface area (Å²) in [7, 11) is 0. The number of esters is 2. The lowest BCUT2D eigenvalue weighted by Gasteiger charge is -2.13. The van der Waals surface area contributed by atoms with Gasteiger partial charge in [0.1, 0.15) is 16.0 Å². The van der Waals surface area contributed by atoms with Gasteiger partial charge in [-0.25, -0.2) is 14.6 Å². The van der Waals surface area contributed by atoms with E-state index >= 15 is 0 Å². The van der Waals surface area contributed by atoms with Gasteiger partial charge in [-0.1, -0.05) is 0 Å². The van der Waals surface area contributed by atoms with Crippen LogP contribution in [0.2, 0.25) is 0 Å². The minimum atomic E-state index is -1.74. The van der Waals surface area contributed by atoms with E-state index in [1.807, 2.05) is 0 Å². The predicted octanol–water partition coefficient (Wildman–Crippen LogP) is 0.586. The van der Waals surface area contributed by atoms with Crippen LogP contribution in [0.15, 0.2) is 0 Å². The Morgan fingerprint density at radius 3 is 2.40 bits per heavy atom. The number of ether oxygens (including phenoxy) is 2. The minimum absolute atomic E-state index is 0.0612. The Balaban J connectivity index is 2.89. The van der Waals surface area contributed by atoms with Crippen molar-refractivity contribution in [2.24, 2.45) is 0 Å². The molecule has 1 rings (SSSR count). The summed E-state index contributed by atoms with van der Waals surface area (Å²) in [5.41, 5.74) is 0.374. The molecular weight excluding hydrogens is 286 g/mol. The smallest absolute Gasteiger partial charge is 0.350 e. The zero-order valence-corrected chi connectivity index (χ0v) is 12.3. The number of aromatic nitrogens is 1. The van der Waals surface area contributed by atoms with Crippen LogP contribution in [-0.2, 0) is 14.3 Å². The summed E-state index contributed by atoms with van der Waals surface area (Å²) >= 11 is 0.876. The summed E-state index contributed by atoms with van der Waals surface area (Å²) in [4.78, 5) is 27.2. The summed E-state index contributed by atoms with van der Waals surface area (Å²) < 4.78 is 9.45. The molecule has 1 aromatic rings. The van der Waals surface area contributed by atoms with Crippen LogP contribution in [0.4, 0.5) is 0 Å². The molecule has 0 spiro atoms. The third-order valence-electron chi connectivity index (χ3n) is 2.35. The Kier molecular flexibility index (Phi) is 6.05. The van der Waals surface area contributed by atoms with Crippen LogP contribution >= 0.6 is 11.3 Å². The molecule has 0 aliphatic carbocycles. The summed E-state index contributed by atoms with van der Waals surface area (Å²) in [5, 5.41) is 19.6. The average molecular weight is 303 g/mol. The molecule has 0 radical (unpaired) electrons. The van der Waals surface area contributed by atoms with Crippen molar-refractivity contribution in [2.45, 2.75) is 33.0 Å². The molecule has 0 fully saturated rings. The van der Waals surface area contributed by atoms with E-state index in [0.717, 1.165) is 11.3 Å². The Morgan fingerprint density at radius 2 is 1.85 bits per heavy atom. The van der Waals surface area contributed by atoms with Gasteiger partial charge in [-0.2, -0.15) is 0 Å². The van der Waals surface area contributed by atoms with Crippen LogP contribution in [0, 0.1) is 6.92 Å². The summed E-state index contributed by atoms with van der Waals surface area (Å²) in [5.74, 6) is -1.49. The fourth-order valence-electron chi connectivity index (χ4n) is 1.42. The lowest BCUT2D eigenvalue weighted by atomic mass is 10.2. The Morgan fingerprint density at radius 1 is 1.25 bits per heavy atom. The van der Waals surface area contributed by atoms with E-state index < -0.39 is 24.1 Å². The fraction of sp³-hybridized carbons (Fsp3) is 0.583. The molecule has 0 bridgehead atoms. The number of hydrogen-bond donors (Lipinski definition) is 2. The summed E-state index contributed by atoms with van der Waals surface area (Å²) in [6.45, 7) is 5.15. The Hall–Kier alpha value is -1.51. The number of aliphatic hydroxyl groups excluding tert-OH is 2. The molecule has 1 heterocycles. The Bertz CT molecular complexity index is 486. The molecule has 0 aromatic carbocycles. The normalized spacial score (nSPS) is 13.7. The van der Waals surface area contributed by atoms with Gasteiger partial charge in [-0.05, 0) is 20.8 Å². The van der Waals surface area contributed by atoms with Gasteiger partial charge < -0.3 is 19.7 Å². The van der Waals surface area contributed by atoms with E-state index in [1.165, 1.54) is 0 Å². The molecule has 0 aliphatic rings. The van der Waals surface area contributed by atoms with Gasteiger partial charge in [-0.3, -0.25) is 0 Å². The zero-order valence-electron chi connectivity index (χ0n) is 11.5. The highest BCUT2D eigenvalue weighted by atomic mass is 32.1. The number of aryl methyl sites for hydroxylation is 1. The predicted molar refractivity (Wildman–Crippen MR) is 70.4 cm³/mol. The van der Waals surface area contributed by atoms with Crippen LogP contribution in [-0.4, -0.2) is 46.5 Å². The topological polar surface area (TPSA) is 106 Å². The number of thiazole rings is 1.